The third-order valence-electron chi connectivity index (χ3n) is 3.84. The van der Waals surface area contributed by atoms with E-state index in [0.29, 0.717) is 17.5 Å². The minimum Gasteiger partial charge on any atom is -0.352 e. The lowest BCUT2D eigenvalue weighted by molar-refractivity contribution is 0.459. The molecule has 0 bridgehead atoms. The van der Waals surface area contributed by atoms with Gasteiger partial charge in [0, 0.05) is 18.8 Å². The maximum absolute atomic E-state index is 9.19. The number of pyridine rings is 1. The van der Waals surface area contributed by atoms with Gasteiger partial charge in [-0.1, -0.05) is 6.42 Å². The molecule has 1 aromatic heterocycles. The molecule has 2 N–H and O–H groups in total. The summed E-state index contributed by atoms with van der Waals surface area (Å²) in [7, 11) is 0. The van der Waals surface area contributed by atoms with E-state index < -0.39 is 0 Å². The number of anilines is 1. The number of nitrogens with zero attached hydrogens (tertiary/aromatic N) is 3. The average Bonchev–Trinajstić information content (AvgIpc) is 2.88. The number of rotatable bonds is 4. The van der Waals surface area contributed by atoms with Crippen LogP contribution in [0.2, 0.25) is 0 Å². The number of hydrogen-bond acceptors (Lipinski definition) is 4. The Bertz CT molecular complexity index is 438. The van der Waals surface area contributed by atoms with Crippen molar-refractivity contribution >= 4 is 5.82 Å². The summed E-state index contributed by atoms with van der Waals surface area (Å²) in [5.74, 6) is 1.34. The van der Waals surface area contributed by atoms with Crippen molar-refractivity contribution in [1.29, 1.82) is 5.26 Å². The predicted octanol–water partition coefficient (Wildman–Crippen LogP) is 1.91. The largest absolute Gasteiger partial charge is 0.352 e. The first-order chi connectivity index (χ1) is 8.81. The van der Waals surface area contributed by atoms with Crippen LogP contribution >= 0.6 is 0 Å². The second-order valence-corrected chi connectivity index (χ2v) is 4.77. The molecule has 1 saturated carbocycles. The quantitative estimate of drug-likeness (QED) is 0.878. The van der Waals surface area contributed by atoms with E-state index in [-0.39, 0.29) is 0 Å². The molecular weight excluding hydrogens is 224 g/mol. The normalized spacial score (nSPS) is 22.7. The lowest BCUT2D eigenvalue weighted by atomic mass is 10.0. The minimum absolute atomic E-state index is 0.432. The van der Waals surface area contributed by atoms with Crippen molar-refractivity contribution in [1.82, 2.24) is 4.98 Å². The molecule has 1 fully saturated rings. The summed E-state index contributed by atoms with van der Waals surface area (Å²) in [6.45, 7) is 3.70. The first-order valence-corrected chi connectivity index (χ1v) is 6.63. The molecule has 4 nitrogen and oxygen atoms in total. The van der Waals surface area contributed by atoms with E-state index in [9.17, 15) is 5.26 Å². The third-order valence-corrected chi connectivity index (χ3v) is 3.84. The summed E-state index contributed by atoms with van der Waals surface area (Å²) in [6.07, 6.45) is 5.31. The second kappa shape index (κ2) is 5.83. The van der Waals surface area contributed by atoms with Crippen LogP contribution in [-0.4, -0.2) is 24.1 Å². The minimum atomic E-state index is 0.432. The van der Waals surface area contributed by atoms with Gasteiger partial charge in [-0.25, -0.2) is 4.98 Å². The van der Waals surface area contributed by atoms with Gasteiger partial charge in [0.05, 0.1) is 5.56 Å². The van der Waals surface area contributed by atoms with E-state index in [1.54, 1.807) is 6.20 Å². The summed E-state index contributed by atoms with van der Waals surface area (Å²) in [5.41, 5.74) is 6.51. The van der Waals surface area contributed by atoms with Crippen molar-refractivity contribution in [2.45, 2.75) is 32.2 Å². The van der Waals surface area contributed by atoms with E-state index in [0.717, 1.165) is 25.3 Å². The molecule has 1 aromatic rings. The Morgan fingerprint density at radius 3 is 3.06 bits per heavy atom. The Kier molecular flexibility index (Phi) is 4.16. The smallest absolute Gasteiger partial charge is 0.146 e. The van der Waals surface area contributed by atoms with Gasteiger partial charge in [0.1, 0.15) is 11.9 Å². The molecule has 2 rings (SSSR count). The molecule has 0 spiro atoms. The van der Waals surface area contributed by atoms with Crippen LogP contribution in [0.15, 0.2) is 18.3 Å². The first kappa shape index (κ1) is 12.8. The number of nitriles is 1. The summed E-state index contributed by atoms with van der Waals surface area (Å²) < 4.78 is 0. The van der Waals surface area contributed by atoms with Crippen molar-refractivity contribution < 1.29 is 0 Å². The standard InChI is InChI=1S/C14H20N4/c1-2-18(13-7-3-5-11(13)9-15)14-12(10-16)6-4-8-17-14/h4,6,8,11,13H,2-3,5,7,9,15H2,1H3. The van der Waals surface area contributed by atoms with E-state index in [2.05, 4.69) is 22.9 Å². The lowest BCUT2D eigenvalue weighted by Crippen LogP contribution is -2.41. The molecule has 1 aliphatic rings. The van der Waals surface area contributed by atoms with Crippen molar-refractivity contribution in [3.05, 3.63) is 23.9 Å². The van der Waals surface area contributed by atoms with Crippen LogP contribution in [0.5, 0.6) is 0 Å². The molecular formula is C14H20N4. The van der Waals surface area contributed by atoms with Gasteiger partial charge in [-0.05, 0) is 44.4 Å². The van der Waals surface area contributed by atoms with Gasteiger partial charge in [-0.2, -0.15) is 5.26 Å². The Balaban J connectivity index is 2.31. The highest BCUT2D eigenvalue weighted by atomic mass is 15.2. The highest BCUT2D eigenvalue weighted by Gasteiger charge is 2.32. The number of aromatic nitrogens is 1. The molecule has 0 radical (unpaired) electrons. The number of nitrogens with two attached hydrogens (primary N) is 1. The highest BCUT2D eigenvalue weighted by Crippen LogP contribution is 2.32. The zero-order valence-corrected chi connectivity index (χ0v) is 10.8. The van der Waals surface area contributed by atoms with Crippen molar-refractivity contribution in [2.24, 2.45) is 11.7 Å². The summed E-state index contributed by atoms with van der Waals surface area (Å²) >= 11 is 0. The molecule has 0 saturated heterocycles. The fourth-order valence-electron chi connectivity index (χ4n) is 2.96. The molecule has 2 atom stereocenters. The summed E-state index contributed by atoms with van der Waals surface area (Å²) in [5, 5.41) is 9.19. The Morgan fingerprint density at radius 1 is 1.56 bits per heavy atom. The number of hydrogen-bond donors (Lipinski definition) is 1. The van der Waals surface area contributed by atoms with Crippen LogP contribution in [0.4, 0.5) is 5.82 Å². The summed E-state index contributed by atoms with van der Waals surface area (Å²) in [4.78, 5) is 6.65. The second-order valence-electron chi connectivity index (χ2n) is 4.77. The van der Waals surface area contributed by atoms with Gasteiger partial charge in [-0.3, -0.25) is 0 Å². The van der Waals surface area contributed by atoms with E-state index >= 15 is 0 Å². The van der Waals surface area contributed by atoms with Crippen LogP contribution in [0, 0.1) is 17.2 Å². The topological polar surface area (TPSA) is 65.9 Å². The Hall–Kier alpha value is -1.60. The molecule has 0 amide bonds. The van der Waals surface area contributed by atoms with Gasteiger partial charge in [0.25, 0.3) is 0 Å². The van der Waals surface area contributed by atoms with Gasteiger partial charge in [0.15, 0.2) is 0 Å². The maximum atomic E-state index is 9.19. The van der Waals surface area contributed by atoms with Crippen molar-refractivity contribution in [3.63, 3.8) is 0 Å². The van der Waals surface area contributed by atoms with Gasteiger partial charge >= 0.3 is 0 Å². The molecule has 0 aliphatic heterocycles. The monoisotopic (exact) mass is 244 g/mol. The molecule has 2 unspecified atom stereocenters. The predicted molar refractivity (Wildman–Crippen MR) is 72.2 cm³/mol. The van der Waals surface area contributed by atoms with E-state index in [4.69, 9.17) is 5.73 Å². The Labute approximate surface area is 108 Å². The fraction of sp³-hybridized carbons (Fsp3) is 0.571. The van der Waals surface area contributed by atoms with Gasteiger partial charge in [-0.15, -0.1) is 0 Å². The van der Waals surface area contributed by atoms with Gasteiger partial charge in [0.2, 0.25) is 0 Å². The lowest BCUT2D eigenvalue weighted by Gasteiger charge is -2.33. The van der Waals surface area contributed by atoms with Gasteiger partial charge < -0.3 is 10.6 Å². The van der Waals surface area contributed by atoms with Crippen LogP contribution in [-0.2, 0) is 0 Å². The third kappa shape index (κ3) is 2.32. The molecule has 4 heteroatoms. The molecule has 18 heavy (non-hydrogen) atoms. The fourth-order valence-corrected chi connectivity index (χ4v) is 2.96. The van der Waals surface area contributed by atoms with Crippen molar-refractivity contribution in [2.75, 3.05) is 18.0 Å². The SMILES string of the molecule is CCN(c1ncccc1C#N)C1CCCC1CN. The zero-order valence-electron chi connectivity index (χ0n) is 10.8. The average molecular weight is 244 g/mol. The maximum Gasteiger partial charge on any atom is 0.146 e. The molecule has 1 aliphatic carbocycles. The molecule has 1 heterocycles. The van der Waals surface area contributed by atoms with Crippen LogP contribution in [0.3, 0.4) is 0 Å². The highest BCUT2D eigenvalue weighted by molar-refractivity contribution is 5.54. The van der Waals surface area contributed by atoms with Crippen LogP contribution in [0.1, 0.15) is 31.7 Å². The first-order valence-electron chi connectivity index (χ1n) is 6.63. The van der Waals surface area contributed by atoms with Crippen molar-refractivity contribution in [3.8, 4) is 6.07 Å². The summed E-state index contributed by atoms with van der Waals surface area (Å²) in [6, 6.07) is 6.30. The van der Waals surface area contributed by atoms with Crippen LogP contribution in [0.25, 0.3) is 0 Å². The van der Waals surface area contributed by atoms with E-state index in [1.165, 1.54) is 12.8 Å². The molecule has 96 valence electrons. The Morgan fingerprint density at radius 2 is 2.39 bits per heavy atom. The zero-order chi connectivity index (χ0) is 13.0. The molecule has 0 aromatic carbocycles. The van der Waals surface area contributed by atoms with E-state index in [1.807, 2.05) is 12.1 Å². The van der Waals surface area contributed by atoms with Crippen LogP contribution < -0.4 is 10.6 Å².